The van der Waals surface area contributed by atoms with Crippen molar-refractivity contribution in [2.24, 2.45) is 0 Å². The predicted octanol–water partition coefficient (Wildman–Crippen LogP) is 4.16. The molecular weight excluding hydrogens is 376 g/mol. The highest BCUT2D eigenvalue weighted by Gasteiger charge is 2.10. The average Bonchev–Trinajstić information content (AvgIpc) is 2.72. The van der Waals surface area contributed by atoms with Gasteiger partial charge in [-0.3, -0.25) is 4.79 Å². The van der Waals surface area contributed by atoms with Crippen LogP contribution in [0, 0.1) is 6.92 Å². The van der Waals surface area contributed by atoms with E-state index in [1.54, 1.807) is 13.2 Å². The SMILES string of the molecule is COc1ccccc1CCNC(=O)c1cc(Nc2cccc(Cl)c2C)ncn1. The van der Waals surface area contributed by atoms with Crippen LogP contribution in [-0.2, 0) is 6.42 Å². The van der Waals surface area contributed by atoms with Crippen LogP contribution in [0.15, 0.2) is 54.9 Å². The number of anilines is 2. The molecule has 6 nitrogen and oxygen atoms in total. The highest BCUT2D eigenvalue weighted by atomic mass is 35.5. The number of para-hydroxylation sites is 1. The van der Waals surface area contributed by atoms with E-state index in [9.17, 15) is 4.79 Å². The van der Waals surface area contributed by atoms with Gasteiger partial charge in [0.15, 0.2) is 0 Å². The van der Waals surface area contributed by atoms with Gasteiger partial charge in [0.05, 0.1) is 7.11 Å². The Morgan fingerprint density at radius 2 is 1.96 bits per heavy atom. The minimum absolute atomic E-state index is 0.261. The Morgan fingerprint density at radius 3 is 2.79 bits per heavy atom. The summed E-state index contributed by atoms with van der Waals surface area (Å²) in [4.78, 5) is 20.7. The first-order valence-electron chi connectivity index (χ1n) is 8.82. The third-order valence-corrected chi connectivity index (χ3v) is 4.71. The molecule has 0 aliphatic rings. The topological polar surface area (TPSA) is 76.1 Å². The molecule has 0 unspecified atom stereocenters. The first-order valence-corrected chi connectivity index (χ1v) is 9.20. The van der Waals surface area contributed by atoms with Crippen LogP contribution in [0.25, 0.3) is 0 Å². The Hall–Kier alpha value is -3.12. The molecule has 3 aromatic rings. The lowest BCUT2D eigenvalue weighted by atomic mass is 10.1. The third kappa shape index (κ3) is 4.78. The van der Waals surface area contributed by atoms with Crippen molar-refractivity contribution in [2.75, 3.05) is 19.0 Å². The number of benzene rings is 2. The van der Waals surface area contributed by atoms with Crippen LogP contribution in [0.1, 0.15) is 21.6 Å². The van der Waals surface area contributed by atoms with E-state index >= 15 is 0 Å². The number of halogens is 1. The first-order chi connectivity index (χ1) is 13.6. The lowest BCUT2D eigenvalue weighted by Crippen LogP contribution is -2.26. The van der Waals surface area contributed by atoms with Gasteiger partial charge in [0.25, 0.3) is 5.91 Å². The highest BCUT2D eigenvalue weighted by molar-refractivity contribution is 6.31. The molecule has 2 N–H and O–H groups in total. The number of hydrogen-bond donors (Lipinski definition) is 2. The van der Waals surface area contributed by atoms with E-state index < -0.39 is 0 Å². The number of ether oxygens (including phenoxy) is 1. The van der Waals surface area contributed by atoms with Crippen LogP contribution >= 0.6 is 11.6 Å². The van der Waals surface area contributed by atoms with E-state index in [0.29, 0.717) is 23.8 Å². The lowest BCUT2D eigenvalue weighted by Gasteiger charge is -2.11. The van der Waals surface area contributed by atoms with Gasteiger partial charge in [-0.1, -0.05) is 35.9 Å². The molecule has 2 aromatic carbocycles. The van der Waals surface area contributed by atoms with Crippen molar-refractivity contribution in [2.45, 2.75) is 13.3 Å². The van der Waals surface area contributed by atoms with Gasteiger partial charge in [-0.2, -0.15) is 0 Å². The summed E-state index contributed by atoms with van der Waals surface area (Å²) in [6.45, 7) is 2.39. The number of methoxy groups -OCH3 is 1. The molecule has 0 fully saturated rings. The number of hydrogen-bond acceptors (Lipinski definition) is 5. The number of aromatic nitrogens is 2. The molecule has 0 spiro atoms. The summed E-state index contributed by atoms with van der Waals surface area (Å²) >= 11 is 6.15. The van der Waals surface area contributed by atoms with E-state index in [4.69, 9.17) is 16.3 Å². The molecule has 0 aliphatic heterocycles. The zero-order valence-corrected chi connectivity index (χ0v) is 16.5. The van der Waals surface area contributed by atoms with Crippen molar-refractivity contribution in [1.82, 2.24) is 15.3 Å². The average molecular weight is 397 g/mol. The van der Waals surface area contributed by atoms with Gasteiger partial charge in [0, 0.05) is 23.3 Å². The Kier molecular flexibility index (Phi) is 6.45. The van der Waals surface area contributed by atoms with Crippen molar-refractivity contribution in [3.63, 3.8) is 0 Å². The molecule has 28 heavy (non-hydrogen) atoms. The van der Waals surface area contributed by atoms with Crippen LogP contribution in [0.4, 0.5) is 11.5 Å². The summed E-state index contributed by atoms with van der Waals surface area (Å²) in [5.74, 6) is 1.07. The van der Waals surface area contributed by atoms with Gasteiger partial charge in [0.2, 0.25) is 0 Å². The molecule has 1 aromatic heterocycles. The summed E-state index contributed by atoms with van der Waals surface area (Å²) in [6.07, 6.45) is 2.02. The van der Waals surface area contributed by atoms with Gasteiger partial charge in [0.1, 0.15) is 23.6 Å². The van der Waals surface area contributed by atoms with E-state index in [-0.39, 0.29) is 11.6 Å². The van der Waals surface area contributed by atoms with Gasteiger partial charge < -0.3 is 15.4 Å². The second-order valence-electron chi connectivity index (χ2n) is 6.14. The summed E-state index contributed by atoms with van der Waals surface area (Å²) < 4.78 is 5.33. The third-order valence-electron chi connectivity index (χ3n) is 4.30. The molecule has 3 rings (SSSR count). The monoisotopic (exact) mass is 396 g/mol. The lowest BCUT2D eigenvalue weighted by molar-refractivity contribution is 0.0949. The van der Waals surface area contributed by atoms with Crippen molar-refractivity contribution >= 4 is 29.0 Å². The van der Waals surface area contributed by atoms with Crippen molar-refractivity contribution in [3.05, 3.63) is 76.7 Å². The Balaban J connectivity index is 1.63. The summed E-state index contributed by atoms with van der Waals surface area (Å²) in [5.41, 5.74) is 3.06. The van der Waals surface area contributed by atoms with Crippen LogP contribution in [-0.4, -0.2) is 29.5 Å². The smallest absolute Gasteiger partial charge is 0.270 e. The van der Waals surface area contributed by atoms with E-state index in [0.717, 1.165) is 22.6 Å². The fourth-order valence-electron chi connectivity index (χ4n) is 2.74. The minimum Gasteiger partial charge on any atom is -0.496 e. The fraction of sp³-hybridized carbons (Fsp3) is 0.190. The highest BCUT2D eigenvalue weighted by Crippen LogP contribution is 2.25. The van der Waals surface area contributed by atoms with Gasteiger partial charge >= 0.3 is 0 Å². The summed E-state index contributed by atoms with van der Waals surface area (Å²) in [7, 11) is 1.63. The molecular formula is C21H21ClN4O2. The first kappa shape index (κ1) is 19.6. The van der Waals surface area contributed by atoms with Crippen molar-refractivity contribution in [1.29, 1.82) is 0 Å². The molecule has 7 heteroatoms. The van der Waals surface area contributed by atoms with E-state index in [1.807, 2.05) is 49.4 Å². The number of amides is 1. The zero-order valence-electron chi connectivity index (χ0n) is 15.7. The number of nitrogens with one attached hydrogen (secondary N) is 2. The molecule has 0 radical (unpaired) electrons. The molecule has 1 amide bonds. The largest absolute Gasteiger partial charge is 0.496 e. The Labute approximate surface area is 168 Å². The molecule has 144 valence electrons. The maximum Gasteiger partial charge on any atom is 0.270 e. The molecule has 0 saturated heterocycles. The standard InChI is InChI=1S/C21H21ClN4O2/c1-14-16(22)7-5-8-17(14)26-20-12-18(24-13-25-20)21(27)23-11-10-15-6-3-4-9-19(15)28-2/h3-9,12-13H,10-11H2,1-2H3,(H,23,27)(H,24,25,26). The Morgan fingerprint density at radius 1 is 1.14 bits per heavy atom. The molecule has 0 atom stereocenters. The zero-order chi connectivity index (χ0) is 19.9. The maximum atomic E-state index is 12.4. The maximum absolute atomic E-state index is 12.4. The summed E-state index contributed by atoms with van der Waals surface area (Å²) in [5, 5.41) is 6.71. The van der Waals surface area contributed by atoms with E-state index in [2.05, 4.69) is 20.6 Å². The minimum atomic E-state index is -0.261. The Bertz CT molecular complexity index is 978. The van der Waals surface area contributed by atoms with Crippen LogP contribution < -0.4 is 15.4 Å². The number of nitrogens with zero attached hydrogens (tertiary/aromatic N) is 2. The van der Waals surface area contributed by atoms with E-state index in [1.165, 1.54) is 6.33 Å². The van der Waals surface area contributed by atoms with Crippen molar-refractivity contribution < 1.29 is 9.53 Å². The van der Waals surface area contributed by atoms with Crippen LogP contribution in [0.3, 0.4) is 0 Å². The molecule has 0 bridgehead atoms. The van der Waals surface area contributed by atoms with Crippen LogP contribution in [0.5, 0.6) is 5.75 Å². The molecule has 0 saturated carbocycles. The van der Waals surface area contributed by atoms with Gasteiger partial charge in [-0.15, -0.1) is 0 Å². The van der Waals surface area contributed by atoms with Crippen molar-refractivity contribution in [3.8, 4) is 5.75 Å². The fourth-order valence-corrected chi connectivity index (χ4v) is 2.92. The van der Waals surface area contributed by atoms with Gasteiger partial charge in [-0.25, -0.2) is 9.97 Å². The molecule has 0 aliphatic carbocycles. The number of carbonyl (C=O) groups is 1. The summed E-state index contributed by atoms with van der Waals surface area (Å²) in [6, 6.07) is 14.9. The number of carbonyl (C=O) groups excluding carboxylic acids is 1. The van der Waals surface area contributed by atoms with Gasteiger partial charge in [-0.05, 0) is 42.7 Å². The second kappa shape index (κ2) is 9.19. The number of rotatable bonds is 7. The normalized spacial score (nSPS) is 10.4. The van der Waals surface area contributed by atoms with Crippen LogP contribution in [0.2, 0.25) is 5.02 Å². The second-order valence-corrected chi connectivity index (χ2v) is 6.55. The molecule has 1 heterocycles. The quantitative estimate of drug-likeness (QED) is 0.627. The predicted molar refractivity (Wildman–Crippen MR) is 111 cm³/mol.